The number of thiophene rings is 1. The van der Waals surface area contributed by atoms with E-state index in [9.17, 15) is 18.0 Å². The van der Waals surface area contributed by atoms with Gasteiger partial charge in [-0.05, 0) is 56.7 Å². The van der Waals surface area contributed by atoms with Crippen molar-refractivity contribution in [1.29, 1.82) is 0 Å². The monoisotopic (exact) mass is 395 g/mol. The van der Waals surface area contributed by atoms with Crippen LogP contribution in [0.4, 0.5) is 0 Å². The van der Waals surface area contributed by atoms with Crippen molar-refractivity contribution in [1.82, 2.24) is 4.72 Å². The maximum absolute atomic E-state index is 12.2. The maximum Gasteiger partial charge on any atom is 0.338 e. The molecule has 0 spiro atoms. The Morgan fingerprint density at radius 1 is 1.15 bits per heavy atom. The SMILES string of the molecule is CC[C@H](C)NS(=O)(=O)c1ccc(C(=O)OCC(=O)c2ccc(C)s2)cc1. The van der Waals surface area contributed by atoms with Crippen LogP contribution < -0.4 is 4.72 Å². The Labute approximate surface area is 157 Å². The number of esters is 1. The van der Waals surface area contributed by atoms with Crippen molar-refractivity contribution in [3.05, 3.63) is 51.7 Å². The lowest BCUT2D eigenvalue weighted by Crippen LogP contribution is -2.32. The van der Waals surface area contributed by atoms with Crippen molar-refractivity contribution < 1.29 is 22.7 Å². The molecule has 0 aliphatic carbocycles. The summed E-state index contributed by atoms with van der Waals surface area (Å²) < 4.78 is 31.9. The first-order valence-electron chi connectivity index (χ1n) is 8.12. The highest BCUT2D eigenvalue weighted by Crippen LogP contribution is 2.16. The molecule has 1 aromatic carbocycles. The number of hydrogen-bond acceptors (Lipinski definition) is 6. The van der Waals surface area contributed by atoms with Gasteiger partial charge in [-0.1, -0.05) is 6.92 Å². The number of aryl methyl sites for hydroxylation is 1. The summed E-state index contributed by atoms with van der Waals surface area (Å²) in [6.45, 7) is 5.19. The molecule has 0 saturated heterocycles. The van der Waals surface area contributed by atoms with E-state index in [-0.39, 0.29) is 28.9 Å². The summed E-state index contributed by atoms with van der Waals surface area (Å²) in [6.07, 6.45) is 0.668. The van der Waals surface area contributed by atoms with Crippen LogP contribution in [-0.4, -0.2) is 32.8 Å². The largest absolute Gasteiger partial charge is 0.454 e. The van der Waals surface area contributed by atoms with Crippen LogP contribution >= 0.6 is 11.3 Å². The van der Waals surface area contributed by atoms with Crippen molar-refractivity contribution in [2.45, 2.75) is 38.1 Å². The first kappa shape index (κ1) is 20.3. The highest BCUT2D eigenvalue weighted by Gasteiger charge is 2.18. The summed E-state index contributed by atoms with van der Waals surface area (Å²) in [7, 11) is -3.63. The van der Waals surface area contributed by atoms with E-state index in [2.05, 4.69) is 4.72 Å². The number of ketones is 1. The van der Waals surface area contributed by atoms with Crippen LogP contribution in [0.1, 0.15) is 45.2 Å². The first-order valence-corrected chi connectivity index (χ1v) is 10.4. The lowest BCUT2D eigenvalue weighted by Gasteiger charge is -2.12. The average molecular weight is 396 g/mol. The summed E-state index contributed by atoms with van der Waals surface area (Å²) in [4.78, 5) is 25.6. The quantitative estimate of drug-likeness (QED) is 0.548. The molecule has 0 radical (unpaired) electrons. The number of nitrogens with one attached hydrogen (secondary N) is 1. The second-order valence-corrected chi connectivity index (χ2v) is 8.87. The number of sulfonamides is 1. The molecule has 0 fully saturated rings. The highest BCUT2D eigenvalue weighted by molar-refractivity contribution is 7.89. The molecular weight excluding hydrogens is 374 g/mol. The number of ether oxygens (including phenoxy) is 1. The number of carbonyl (C=O) groups is 2. The molecule has 26 heavy (non-hydrogen) atoms. The molecule has 0 unspecified atom stereocenters. The minimum atomic E-state index is -3.63. The molecule has 2 aromatic rings. The van der Waals surface area contributed by atoms with Gasteiger partial charge >= 0.3 is 5.97 Å². The van der Waals surface area contributed by atoms with Crippen LogP contribution in [0.5, 0.6) is 0 Å². The number of carbonyl (C=O) groups excluding carboxylic acids is 2. The third-order valence-corrected chi connectivity index (χ3v) is 6.37. The van der Waals surface area contributed by atoms with E-state index < -0.39 is 16.0 Å². The van der Waals surface area contributed by atoms with Crippen LogP contribution in [0.15, 0.2) is 41.3 Å². The van der Waals surface area contributed by atoms with Crippen molar-refractivity contribution in [2.75, 3.05) is 6.61 Å². The molecule has 8 heteroatoms. The fourth-order valence-corrected chi connectivity index (χ4v) is 4.18. The Hall–Kier alpha value is -2.03. The molecule has 2 rings (SSSR count). The van der Waals surface area contributed by atoms with Gasteiger partial charge in [0.25, 0.3) is 0 Å². The van der Waals surface area contributed by atoms with Gasteiger partial charge in [0.2, 0.25) is 15.8 Å². The second-order valence-electron chi connectivity index (χ2n) is 5.86. The van der Waals surface area contributed by atoms with Gasteiger partial charge in [-0.3, -0.25) is 4.79 Å². The molecule has 1 heterocycles. The van der Waals surface area contributed by atoms with Gasteiger partial charge < -0.3 is 4.74 Å². The Morgan fingerprint density at radius 2 is 1.81 bits per heavy atom. The molecule has 6 nitrogen and oxygen atoms in total. The van der Waals surface area contributed by atoms with E-state index in [0.717, 1.165) is 4.88 Å². The molecule has 1 aromatic heterocycles. The van der Waals surface area contributed by atoms with E-state index in [1.165, 1.54) is 35.6 Å². The second kappa shape index (κ2) is 8.57. The normalized spacial score (nSPS) is 12.6. The fraction of sp³-hybridized carbons (Fsp3) is 0.333. The smallest absolute Gasteiger partial charge is 0.338 e. The van der Waals surface area contributed by atoms with Gasteiger partial charge in [0.1, 0.15) is 0 Å². The van der Waals surface area contributed by atoms with Crippen LogP contribution in [0.25, 0.3) is 0 Å². The molecule has 140 valence electrons. The van der Waals surface area contributed by atoms with Crippen molar-refractivity contribution in [2.24, 2.45) is 0 Å². The zero-order valence-electron chi connectivity index (χ0n) is 14.8. The maximum atomic E-state index is 12.2. The molecular formula is C18H21NO5S2. The van der Waals surface area contributed by atoms with E-state index >= 15 is 0 Å². The van der Waals surface area contributed by atoms with Gasteiger partial charge in [-0.2, -0.15) is 0 Å². The highest BCUT2D eigenvalue weighted by atomic mass is 32.2. The van der Waals surface area contributed by atoms with Crippen LogP contribution in [0, 0.1) is 6.92 Å². The minimum absolute atomic E-state index is 0.0690. The summed E-state index contributed by atoms with van der Waals surface area (Å²) in [5.74, 6) is -0.945. The molecule has 0 aliphatic heterocycles. The lowest BCUT2D eigenvalue weighted by atomic mass is 10.2. The van der Waals surface area contributed by atoms with E-state index in [1.54, 1.807) is 13.0 Å². The molecule has 1 atom stereocenters. The fourth-order valence-electron chi connectivity index (χ4n) is 2.06. The van der Waals surface area contributed by atoms with Crippen molar-refractivity contribution in [3.63, 3.8) is 0 Å². The first-order chi connectivity index (χ1) is 12.2. The molecule has 0 aliphatic rings. The Morgan fingerprint density at radius 3 is 2.35 bits per heavy atom. The van der Waals surface area contributed by atoms with Gasteiger partial charge in [0, 0.05) is 10.9 Å². The number of benzene rings is 1. The van der Waals surface area contributed by atoms with E-state index in [1.807, 2.05) is 19.9 Å². The molecule has 1 N–H and O–H groups in total. The minimum Gasteiger partial charge on any atom is -0.454 e. The van der Waals surface area contributed by atoms with Gasteiger partial charge in [0.15, 0.2) is 6.61 Å². The summed E-state index contributed by atoms with van der Waals surface area (Å²) in [5, 5.41) is 0. The number of hydrogen-bond donors (Lipinski definition) is 1. The van der Waals surface area contributed by atoms with Crippen LogP contribution in [0.3, 0.4) is 0 Å². The molecule has 0 bridgehead atoms. The predicted octanol–water partition coefficient (Wildman–Crippen LogP) is 3.17. The molecule has 0 saturated carbocycles. The Kier molecular flexibility index (Phi) is 6.69. The van der Waals surface area contributed by atoms with Crippen LogP contribution in [0.2, 0.25) is 0 Å². The summed E-state index contributed by atoms with van der Waals surface area (Å²) in [5.41, 5.74) is 0.183. The number of rotatable bonds is 8. The summed E-state index contributed by atoms with van der Waals surface area (Å²) in [6, 6.07) is 8.75. The van der Waals surface area contributed by atoms with Gasteiger partial charge in [0.05, 0.1) is 15.3 Å². The third-order valence-electron chi connectivity index (χ3n) is 3.72. The summed E-state index contributed by atoms with van der Waals surface area (Å²) >= 11 is 1.34. The van der Waals surface area contributed by atoms with Gasteiger partial charge in [-0.15, -0.1) is 11.3 Å². The standard InChI is InChI=1S/C18H21NO5S2/c1-4-12(2)19-26(22,23)15-8-6-14(7-9-15)18(21)24-11-16(20)17-10-5-13(3)25-17/h5-10,12,19H,4,11H2,1-3H3/t12-/m0/s1. The zero-order valence-corrected chi connectivity index (χ0v) is 16.4. The third kappa shape index (κ3) is 5.23. The topological polar surface area (TPSA) is 89.5 Å². The van der Waals surface area contributed by atoms with E-state index in [4.69, 9.17) is 4.74 Å². The van der Waals surface area contributed by atoms with Gasteiger partial charge in [-0.25, -0.2) is 17.9 Å². The number of Topliss-reactive ketones (excluding diaryl/α,β-unsaturated/α-hetero) is 1. The molecule has 0 amide bonds. The average Bonchev–Trinajstić information content (AvgIpc) is 3.05. The van der Waals surface area contributed by atoms with Crippen molar-refractivity contribution in [3.8, 4) is 0 Å². The Bertz CT molecular complexity index is 885. The van der Waals surface area contributed by atoms with Crippen LogP contribution in [-0.2, 0) is 14.8 Å². The lowest BCUT2D eigenvalue weighted by molar-refractivity contribution is 0.0475. The van der Waals surface area contributed by atoms with E-state index in [0.29, 0.717) is 11.3 Å². The van der Waals surface area contributed by atoms with Crippen molar-refractivity contribution >= 4 is 33.1 Å². The zero-order chi connectivity index (χ0) is 19.3. The Balaban J connectivity index is 1.99. The predicted molar refractivity (Wildman–Crippen MR) is 100 cm³/mol.